The number of anilines is 1. The fraction of sp³-hybridized carbons (Fsp3) is 0.333. The summed E-state index contributed by atoms with van der Waals surface area (Å²) in [5.41, 5.74) is 3.90. The molecule has 3 aliphatic rings. The lowest BCUT2D eigenvalue weighted by atomic mass is 9.88. The van der Waals surface area contributed by atoms with Crippen LogP contribution in [0.5, 0.6) is 11.5 Å². The summed E-state index contributed by atoms with van der Waals surface area (Å²) in [6.07, 6.45) is 4.86. The molecule has 0 N–H and O–H groups in total. The van der Waals surface area contributed by atoms with Crippen LogP contribution in [0.15, 0.2) is 85.1 Å². The van der Waals surface area contributed by atoms with Crippen molar-refractivity contribution in [2.45, 2.75) is 57.5 Å². The van der Waals surface area contributed by atoms with E-state index in [-0.39, 0.29) is 23.4 Å². The Bertz CT molecular complexity index is 1980. The summed E-state index contributed by atoms with van der Waals surface area (Å²) < 4.78 is 33.1. The molecule has 1 aliphatic heterocycles. The summed E-state index contributed by atoms with van der Waals surface area (Å²) in [7, 11) is 0. The number of carbonyl (C=O) groups excluding carboxylic acids is 1. The summed E-state index contributed by atoms with van der Waals surface area (Å²) in [5, 5.41) is 2.24. The second-order valence-electron chi connectivity index (χ2n) is 13.1. The predicted octanol–water partition coefficient (Wildman–Crippen LogP) is 8.31. The molecule has 1 saturated heterocycles. The van der Waals surface area contributed by atoms with E-state index in [1.54, 1.807) is 4.90 Å². The maximum Gasteiger partial charge on any atom is 0.324 e. The molecular weight excluding hydrogens is 520 g/mol. The summed E-state index contributed by atoms with van der Waals surface area (Å²) >= 11 is 0. The summed E-state index contributed by atoms with van der Waals surface area (Å²) in [5.74, 6) is 2.65. The SMILES string of the molecule is [2H]C([2H])([2H])N1C(=O)N(c2cccc(Oc3ccc4c5ccccc5n(-c5cc(C(C)(C)C)ccn5)c4c3)c2)C2C3CCC(C3)C21. The van der Waals surface area contributed by atoms with Crippen LogP contribution in [0, 0.1) is 11.8 Å². The van der Waals surface area contributed by atoms with Gasteiger partial charge in [-0.2, -0.15) is 0 Å². The van der Waals surface area contributed by atoms with Gasteiger partial charge in [-0.25, -0.2) is 9.78 Å². The van der Waals surface area contributed by atoms with Crippen molar-refractivity contribution in [2.24, 2.45) is 11.8 Å². The van der Waals surface area contributed by atoms with E-state index in [1.807, 2.05) is 48.7 Å². The number of likely N-dealkylation sites (N-methyl/N-ethyl adjacent to an activating group) is 1. The van der Waals surface area contributed by atoms with Crippen molar-refractivity contribution in [1.29, 1.82) is 0 Å². The number of rotatable bonds is 4. The molecule has 6 heteroatoms. The van der Waals surface area contributed by atoms with E-state index in [0.717, 1.165) is 46.9 Å². The highest BCUT2D eigenvalue weighted by molar-refractivity contribution is 6.09. The van der Waals surface area contributed by atoms with E-state index in [1.165, 1.54) is 10.5 Å². The van der Waals surface area contributed by atoms with Crippen molar-refractivity contribution in [3.05, 3.63) is 90.6 Å². The van der Waals surface area contributed by atoms with E-state index < -0.39 is 13.0 Å². The smallest absolute Gasteiger partial charge is 0.324 e. The van der Waals surface area contributed by atoms with Crippen LogP contribution in [0.3, 0.4) is 0 Å². The van der Waals surface area contributed by atoms with Gasteiger partial charge in [-0.1, -0.05) is 45.0 Å². The van der Waals surface area contributed by atoms with Gasteiger partial charge in [0.05, 0.1) is 23.1 Å². The lowest BCUT2D eigenvalue weighted by molar-refractivity contribution is 0.200. The highest BCUT2D eigenvalue weighted by Crippen LogP contribution is 2.52. The maximum atomic E-state index is 13.7. The molecule has 3 aromatic carbocycles. The van der Waals surface area contributed by atoms with Crippen LogP contribution in [0.25, 0.3) is 27.6 Å². The van der Waals surface area contributed by atoms with Crippen LogP contribution < -0.4 is 9.64 Å². The Morgan fingerprint density at radius 2 is 1.64 bits per heavy atom. The molecule has 212 valence electrons. The van der Waals surface area contributed by atoms with Crippen molar-refractivity contribution in [3.63, 3.8) is 0 Å². The van der Waals surface area contributed by atoms with Gasteiger partial charge in [0.25, 0.3) is 0 Å². The largest absolute Gasteiger partial charge is 0.457 e. The lowest BCUT2D eigenvalue weighted by Gasteiger charge is -2.30. The second kappa shape index (κ2) is 9.09. The van der Waals surface area contributed by atoms with Crippen molar-refractivity contribution >= 4 is 33.5 Å². The quantitative estimate of drug-likeness (QED) is 0.223. The van der Waals surface area contributed by atoms with Gasteiger partial charge in [0.1, 0.15) is 17.3 Å². The highest BCUT2D eigenvalue weighted by Gasteiger charge is 2.58. The van der Waals surface area contributed by atoms with Gasteiger partial charge in [-0.05, 0) is 84.5 Å². The number of hydrogen-bond donors (Lipinski definition) is 0. The Kier molecular flexibility index (Phi) is 4.83. The first-order valence-corrected chi connectivity index (χ1v) is 14.9. The normalized spacial score (nSPS) is 24.7. The van der Waals surface area contributed by atoms with Crippen molar-refractivity contribution in [2.75, 3.05) is 11.9 Å². The Balaban J connectivity index is 1.18. The fourth-order valence-electron chi connectivity index (χ4n) is 7.71. The average molecular weight is 560 g/mol. The Morgan fingerprint density at radius 3 is 2.48 bits per heavy atom. The van der Waals surface area contributed by atoms with Crippen LogP contribution in [-0.2, 0) is 5.41 Å². The first-order valence-electron chi connectivity index (χ1n) is 16.4. The Labute approximate surface area is 250 Å². The van der Waals surface area contributed by atoms with E-state index in [9.17, 15) is 4.79 Å². The Hall–Kier alpha value is -4.32. The number of hydrogen-bond acceptors (Lipinski definition) is 3. The number of amides is 2. The highest BCUT2D eigenvalue weighted by atomic mass is 16.5. The van der Waals surface area contributed by atoms with Crippen LogP contribution in [0.4, 0.5) is 10.5 Å². The zero-order valence-electron chi connectivity index (χ0n) is 27.1. The molecule has 2 aromatic heterocycles. The summed E-state index contributed by atoms with van der Waals surface area (Å²) in [6, 6.07) is 25.3. The van der Waals surface area contributed by atoms with Gasteiger partial charge in [0.2, 0.25) is 0 Å². The molecule has 6 nitrogen and oxygen atoms in total. The number of pyridine rings is 1. The number of ether oxygens (including phenoxy) is 1. The van der Waals surface area contributed by atoms with Gasteiger partial charge >= 0.3 is 6.03 Å². The topological polar surface area (TPSA) is 50.6 Å². The van der Waals surface area contributed by atoms with Gasteiger partial charge in [-0.3, -0.25) is 9.47 Å². The monoisotopic (exact) mass is 559 g/mol. The molecule has 3 heterocycles. The average Bonchev–Trinajstić information content (AvgIpc) is 3.75. The minimum Gasteiger partial charge on any atom is -0.457 e. The molecule has 0 spiro atoms. The van der Waals surface area contributed by atoms with E-state index in [0.29, 0.717) is 23.1 Å². The molecule has 8 rings (SSSR count). The number of aromatic nitrogens is 2. The fourth-order valence-corrected chi connectivity index (χ4v) is 7.71. The van der Waals surface area contributed by atoms with Crippen molar-refractivity contribution < 1.29 is 13.6 Å². The first-order chi connectivity index (χ1) is 21.5. The number of para-hydroxylation sites is 1. The third kappa shape index (κ3) is 3.77. The van der Waals surface area contributed by atoms with Gasteiger partial charge in [-0.15, -0.1) is 0 Å². The molecule has 4 unspecified atom stereocenters. The molecule has 42 heavy (non-hydrogen) atoms. The van der Waals surface area contributed by atoms with Crippen LogP contribution in [0.2, 0.25) is 0 Å². The standard InChI is InChI=1S/C36H36N4O2/c1-36(2,3)24-16-17-37-32(19-24)40-30-11-6-5-10-28(30)29-15-14-27(21-31(29)40)42-26-9-7-8-25(20-26)39-34-23-13-12-22(18-23)33(34)38(4)35(39)41/h5-11,14-17,19-23,33-34H,12-13,18H2,1-4H3/i4D3. The van der Waals surface area contributed by atoms with Crippen LogP contribution in [-0.4, -0.2) is 39.5 Å². The van der Waals surface area contributed by atoms with Gasteiger partial charge < -0.3 is 9.64 Å². The number of urea groups is 1. The Morgan fingerprint density at radius 1 is 0.857 bits per heavy atom. The zero-order chi connectivity index (χ0) is 31.2. The van der Waals surface area contributed by atoms with E-state index in [2.05, 4.69) is 61.7 Å². The molecule has 2 amide bonds. The van der Waals surface area contributed by atoms with Gasteiger partial charge in [0.15, 0.2) is 0 Å². The van der Waals surface area contributed by atoms with E-state index >= 15 is 0 Å². The minimum atomic E-state index is -2.47. The minimum absolute atomic E-state index is 0.0228. The molecule has 0 radical (unpaired) electrons. The number of fused-ring (bicyclic) bond motifs is 8. The third-order valence-corrected chi connectivity index (χ3v) is 9.66. The second-order valence-corrected chi connectivity index (χ2v) is 13.1. The van der Waals surface area contributed by atoms with Crippen LogP contribution >= 0.6 is 0 Å². The molecular formula is C36H36N4O2. The van der Waals surface area contributed by atoms with Gasteiger partial charge in [0, 0.05) is 45.9 Å². The molecule has 2 aliphatic carbocycles. The van der Waals surface area contributed by atoms with E-state index in [4.69, 9.17) is 13.8 Å². The summed E-state index contributed by atoms with van der Waals surface area (Å²) in [4.78, 5) is 21.4. The third-order valence-electron chi connectivity index (χ3n) is 9.66. The lowest BCUT2D eigenvalue weighted by Crippen LogP contribution is -2.41. The van der Waals surface area contributed by atoms with Crippen molar-refractivity contribution in [1.82, 2.24) is 14.5 Å². The molecule has 5 aromatic rings. The number of nitrogens with zero attached hydrogens (tertiary/aromatic N) is 4. The van der Waals surface area contributed by atoms with Crippen molar-refractivity contribution in [3.8, 4) is 17.3 Å². The number of benzene rings is 3. The zero-order valence-corrected chi connectivity index (χ0v) is 24.1. The predicted molar refractivity (Wildman–Crippen MR) is 168 cm³/mol. The molecule has 4 atom stereocenters. The molecule has 3 fully saturated rings. The summed E-state index contributed by atoms with van der Waals surface area (Å²) in [6.45, 7) is 4.13. The molecule has 2 bridgehead atoms. The maximum absolute atomic E-state index is 13.7. The molecule has 2 saturated carbocycles. The number of carbonyl (C=O) groups is 1. The first kappa shape index (κ1) is 22.3. The van der Waals surface area contributed by atoms with Crippen LogP contribution in [0.1, 0.15) is 49.7 Å².